The van der Waals surface area contributed by atoms with Gasteiger partial charge in [-0.1, -0.05) is 6.07 Å². The summed E-state index contributed by atoms with van der Waals surface area (Å²) in [5, 5.41) is 5.52. The van der Waals surface area contributed by atoms with E-state index in [4.69, 9.17) is 0 Å². The van der Waals surface area contributed by atoms with Crippen molar-refractivity contribution in [3.63, 3.8) is 0 Å². The summed E-state index contributed by atoms with van der Waals surface area (Å²) in [7, 11) is 0. The first-order valence-corrected chi connectivity index (χ1v) is 5.03. The van der Waals surface area contributed by atoms with E-state index < -0.39 is 0 Å². The molecule has 2 rings (SSSR count). The quantitative estimate of drug-likeness (QED) is 0.624. The van der Waals surface area contributed by atoms with Crippen molar-refractivity contribution in [2.24, 2.45) is 0 Å². The molecule has 0 radical (unpaired) electrons. The van der Waals surface area contributed by atoms with E-state index >= 15 is 0 Å². The highest BCUT2D eigenvalue weighted by Gasteiger charge is 2.05. The van der Waals surface area contributed by atoms with Crippen LogP contribution in [-0.2, 0) is 0 Å². The first-order chi connectivity index (χ1) is 5.83. The lowest BCUT2D eigenvalue weighted by atomic mass is 10.3. The van der Waals surface area contributed by atoms with Gasteiger partial charge in [0.2, 0.25) is 0 Å². The molecule has 12 heavy (non-hydrogen) atoms. The van der Waals surface area contributed by atoms with Crippen LogP contribution in [-0.4, -0.2) is 15.9 Å². The summed E-state index contributed by atoms with van der Waals surface area (Å²) < 4.78 is 1.92. The molecule has 0 saturated heterocycles. The molecule has 0 aromatic carbocycles. The fraction of sp³-hybridized carbons (Fsp3) is 0.222. The van der Waals surface area contributed by atoms with Crippen LogP contribution in [0, 0.1) is 6.92 Å². The van der Waals surface area contributed by atoms with Crippen molar-refractivity contribution >= 4 is 17.3 Å². The van der Waals surface area contributed by atoms with Crippen LogP contribution in [0.4, 0.5) is 0 Å². The molecule has 2 aromatic rings. The van der Waals surface area contributed by atoms with Gasteiger partial charge in [0, 0.05) is 11.8 Å². The molecule has 0 spiro atoms. The fourth-order valence-electron chi connectivity index (χ4n) is 1.29. The molecule has 0 N–H and O–H groups in total. The Bertz CT molecular complexity index is 406. The minimum atomic E-state index is 1.11. The van der Waals surface area contributed by atoms with Gasteiger partial charge in [0.15, 0.2) is 0 Å². The molecule has 2 aromatic heterocycles. The molecule has 0 atom stereocenters. The highest BCUT2D eigenvalue weighted by Crippen LogP contribution is 2.21. The molecule has 62 valence electrons. The van der Waals surface area contributed by atoms with Crippen LogP contribution in [0.1, 0.15) is 5.56 Å². The van der Waals surface area contributed by atoms with Crippen LogP contribution in [0.15, 0.2) is 29.4 Å². The lowest BCUT2D eigenvalue weighted by Gasteiger charge is -1.89. The van der Waals surface area contributed by atoms with Crippen molar-refractivity contribution in [3.8, 4) is 0 Å². The van der Waals surface area contributed by atoms with Crippen molar-refractivity contribution in [3.05, 3.63) is 30.0 Å². The Balaban J connectivity index is 2.78. The topological polar surface area (TPSA) is 17.3 Å². The van der Waals surface area contributed by atoms with Gasteiger partial charge in [0.1, 0.15) is 5.03 Å². The fourth-order valence-corrected chi connectivity index (χ4v) is 1.88. The molecule has 0 unspecified atom stereocenters. The van der Waals surface area contributed by atoms with Crippen LogP contribution >= 0.6 is 11.8 Å². The molecule has 0 aliphatic rings. The standard InChI is InChI=1S/C9H10N2S/c1-7-8-5-3-4-6-11(8)10-9(7)12-2/h3-6H,1-2H3. The summed E-state index contributed by atoms with van der Waals surface area (Å²) in [5.74, 6) is 0. The average Bonchev–Trinajstić information content (AvgIpc) is 2.44. The highest BCUT2D eigenvalue weighted by atomic mass is 32.2. The summed E-state index contributed by atoms with van der Waals surface area (Å²) >= 11 is 1.69. The molecule has 0 aliphatic heterocycles. The predicted octanol–water partition coefficient (Wildman–Crippen LogP) is 2.36. The number of rotatable bonds is 1. The van der Waals surface area contributed by atoms with Crippen molar-refractivity contribution in [2.75, 3.05) is 6.26 Å². The zero-order valence-corrected chi connectivity index (χ0v) is 7.93. The van der Waals surface area contributed by atoms with Crippen LogP contribution in [0.3, 0.4) is 0 Å². The van der Waals surface area contributed by atoms with Gasteiger partial charge in [-0.05, 0) is 25.3 Å². The Morgan fingerprint density at radius 2 is 2.25 bits per heavy atom. The van der Waals surface area contributed by atoms with Gasteiger partial charge in [-0.15, -0.1) is 11.8 Å². The van der Waals surface area contributed by atoms with E-state index in [-0.39, 0.29) is 0 Å². The number of nitrogens with zero attached hydrogens (tertiary/aromatic N) is 2. The summed E-state index contributed by atoms with van der Waals surface area (Å²) in [6.07, 6.45) is 4.02. The van der Waals surface area contributed by atoms with E-state index in [1.54, 1.807) is 11.8 Å². The van der Waals surface area contributed by atoms with E-state index in [9.17, 15) is 0 Å². The van der Waals surface area contributed by atoms with Crippen molar-refractivity contribution in [2.45, 2.75) is 11.9 Å². The molecule has 0 amide bonds. The van der Waals surface area contributed by atoms with E-state index in [0.29, 0.717) is 0 Å². The van der Waals surface area contributed by atoms with E-state index in [0.717, 1.165) is 5.03 Å². The van der Waals surface area contributed by atoms with Crippen molar-refractivity contribution in [1.82, 2.24) is 9.61 Å². The lowest BCUT2D eigenvalue weighted by molar-refractivity contribution is 0.899. The maximum absolute atomic E-state index is 4.41. The second-order valence-corrected chi connectivity index (χ2v) is 3.46. The Kier molecular flexibility index (Phi) is 1.81. The van der Waals surface area contributed by atoms with Gasteiger partial charge in [0.25, 0.3) is 0 Å². The van der Waals surface area contributed by atoms with Gasteiger partial charge >= 0.3 is 0 Å². The lowest BCUT2D eigenvalue weighted by Crippen LogP contribution is -1.83. The Labute approximate surface area is 75.6 Å². The maximum atomic E-state index is 4.41. The van der Waals surface area contributed by atoms with Crippen LogP contribution in [0.2, 0.25) is 0 Å². The molecule has 0 fully saturated rings. The van der Waals surface area contributed by atoms with Gasteiger partial charge in [-0.2, -0.15) is 5.10 Å². The van der Waals surface area contributed by atoms with Crippen LogP contribution in [0.5, 0.6) is 0 Å². The SMILES string of the molecule is CSc1nn2ccccc2c1C. The molecule has 2 nitrogen and oxygen atoms in total. The third-order valence-electron chi connectivity index (χ3n) is 1.94. The molecular weight excluding hydrogens is 168 g/mol. The number of thioether (sulfide) groups is 1. The number of fused-ring (bicyclic) bond motifs is 1. The van der Waals surface area contributed by atoms with Crippen LogP contribution < -0.4 is 0 Å². The van der Waals surface area contributed by atoms with E-state index in [1.807, 2.05) is 22.8 Å². The number of hydrogen-bond acceptors (Lipinski definition) is 2. The Hall–Kier alpha value is -0.960. The second kappa shape index (κ2) is 2.83. The number of hydrogen-bond donors (Lipinski definition) is 0. The zero-order valence-electron chi connectivity index (χ0n) is 7.11. The monoisotopic (exact) mass is 178 g/mol. The van der Waals surface area contributed by atoms with E-state index in [1.165, 1.54) is 11.1 Å². The maximum Gasteiger partial charge on any atom is 0.122 e. The smallest absolute Gasteiger partial charge is 0.122 e. The molecule has 2 heterocycles. The predicted molar refractivity (Wildman–Crippen MR) is 51.7 cm³/mol. The largest absolute Gasteiger partial charge is 0.240 e. The van der Waals surface area contributed by atoms with E-state index in [2.05, 4.69) is 24.3 Å². The normalized spacial score (nSPS) is 10.8. The number of aryl methyl sites for hydroxylation is 1. The second-order valence-electron chi connectivity index (χ2n) is 2.66. The number of aromatic nitrogens is 2. The van der Waals surface area contributed by atoms with Crippen LogP contribution in [0.25, 0.3) is 5.52 Å². The number of pyridine rings is 1. The summed E-state index contributed by atoms with van der Waals surface area (Å²) in [6, 6.07) is 6.11. The Morgan fingerprint density at radius 1 is 1.42 bits per heavy atom. The van der Waals surface area contributed by atoms with Gasteiger partial charge in [-0.3, -0.25) is 0 Å². The molecule has 3 heteroatoms. The molecule has 0 aliphatic carbocycles. The Morgan fingerprint density at radius 3 is 2.92 bits per heavy atom. The third-order valence-corrected chi connectivity index (χ3v) is 2.71. The summed E-state index contributed by atoms with van der Waals surface area (Å²) in [5.41, 5.74) is 2.46. The zero-order chi connectivity index (χ0) is 8.55. The van der Waals surface area contributed by atoms with Gasteiger partial charge in [-0.25, -0.2) is 4.52 Å². The van der Waals surface area contributed by atoms with Crippen molar-refractivity contribution in [1.29, 1.82) is 0 Å². The van der Waals surface area contributed by atoms with Gasteiger partial charge < -0.3 is 0 Å². The third kappa shape index (κ3) is 1.01. The first kappa shape index (κ1) is 7.68. The first-order valence-electron chi connectivity index (χ1n) is 3.81. The van der Waals surface area contributed by atoms with Crippen molar-refractivity contribution < 1.29 is 0 Å². The average molecular weight is 178 g/mol. The highest BCUT2D eigenvalue weighted by molar-refractivity contribution is 7.98. The molecule has 0 saturated carbocycles. The molecule has 0 bridgehead atoms. The minimum Gasteiger partial charge on any atom is -0.240 e. The minimum absolute atomic E-state index is 1.11. The van der Waals surface area contributed by atoms with Gasteiger partial charge in [0.05, 0.1) is 5.52 Å². The summed E-state index contributed by atoms with van der Waals surface area (Å²) in [6.45, 7) is 2.11. The summed E-state index contributed by atoms with van der Waals surface area (Å²) in [4.78, 5) is 0. The molecular formula is C9H10N2S.